The summed E-state index contributed by atoms with van der Waals surface area (Å²) in [5.74, 6) is 1.97. The monoisotopic (exact) mass is 374 g/mol. The highest BCUT2D eigenvalue weighted by atomic mass is 16.1. The Hall–Kier alpha value is -3.81. The van der Waals surface area contributed by atoms with Gasteiger partial charge in [-0.3, -0.25) is 9.59 Å². The van der Waals surface area contributed by atoms with Crippen molar-refractivity contribution >= 4 is 28.7 Å². The number of fused-ring (bicyclic) bond motifs is 6. The minimum atomic E-state index is -0.115. The van der Waals surface area contributed by atoms with Gasteiger partial charge in [0, 0.05) is 40.7 Å². The van der Waals surface area contributed by atoms with E-state index < -0.39 is 0 Å². The topological polar surface area (TPSA) is 51.2 Å². The van der Waals surface area contributed by atoms with Gasteiger partial charge in [0.2, 0.25) is 0 Å². The zero-order valence-electron chi connectivity index (χ0n) is 15.4. The van der Waals surface area contributed by atoms with Crippen LogP contribution in [0.5, 0.6) is 0 Å². The fraction of sp³-hybridized carbons (Fsp3) is 0.0769. The number of hydrogen-bond donors (Lipinski definition) is 0. The molecule has 29 heavy (non-hydrogen) atoms. The molecule has 0 spiro atoms. The average Bonchev–Trinajstić information content (AvgIpc) is 2.74. The molecule has 3 nitrogen and oxygen atoms in total. The maximum absolute atomic E-state index is 13.0. The van der Waals surface area contributed by atoms with Gasteiger partial charge < -0.3 is 0 Å². The molecule has 0 N–H and O–H groups in total. The molecule has 2 aromatic rings. The molecule has 0 aromatic heterocycles. The summed E-state index contributed by atoms with van der Waals surface area (Å²) >= 11 is 0. The van der Waals surface area contributed by atoms with Crippen LogP contribution >= 0.6 is 0 Å². The Morgan fingerprint density at radius 2 is 1.48 bits per heavy atom. The van der Waals surface area contributed by atoms with Crippen LogP contribution in [0, 0.1) is 0 Å². The molecule has 0 saturated heterocycles. The third-order valence-corrected chi connectivity index (χ3v) is 6.17. The maximum atomic E-state index is 13.0. The molecule has 0 saturated carbocycles. The molecule has 0 amide bonds. The summed E-state index contributed by atoms with van der Waals surface area (Å²) < 4.78 is 0. The number of hydrogen-bond acceptors (Lipinski definition) is 3. The van der Waals surface area contributed by atoms with E-state index in [4.69, 9.17) is 0 Å². The molecule has 0 bridgehead atoms. The van der Waals surface area contributed by atoms with E-state index in [-0.39, 0.29) is 18.0 Å². The third kappa shape index (κ3) is 2.00. The normalized spacial score (nSPS) is 18.7. The Labute approximate surface area is 167 Å². The highest BCUT2D eigenvalue weighted by molar-refractivity contribution is 6.27. The molecular formula is C26H14O3. The summed E-state index contributed by atoms with van der Waals surface area (Å²) in [7, 11) is 0. The summed E-state index contributed by atoms with van der Waals surface area (Å²) in [5, 5.41) is 0. The second-order valence-electron chi connectivity index (χ2n) is 7.66. The Morgan fingerprint density at radius 1 is 0.793 bits per heavy atom. The largest absolute Gasteiger partial charge is 0.294 e. The van der Waals surface area contributed by atoms with E-state index in [0.29, 0.717) is 23.1 Å². The molecule has 0 atom stereocenters. The zero-order chi connectivity index (χ0) is 19.7. The van der Waals surface area contributed by atoms with Gasteiger partial charge in [-0.05, 0) is 39.5 Å². The van der Waals surface area contributed by atoms with Crippen LogP contribution in [-0.2, 0) is 9.59 Å². The summed E-state index contributed by atoms with van der Waals surface area (Å²) in [5.41, 5.74) is 9.29. The van der Waals surface area contributed by atoms with Gasteiger partial charge in [-0.1, -0.05) is 54.6 Å². The van der Waals surface area contributed by atoms with E-state index in [0.717, 1.165) is 44.6 Å². The number of allylic oxidation sites excluding steroid dienone is 9. The number of Topliss-reactive ketones (excluding diaryl/α,β-unsaturated/α-hetero) is 2. The van der Waals surface area contributed by atoms with E-state index >= 15 is 0 Å². The summed E-state index contributed by atoms with van der Waals surface area (Å²) in [6.07, 6.45) is 2.43. The molecule has 2 aromatic carbocycles. The molecule has 4 aliphatic carbocycles. The predicted octanol–water partition coefficient (Wildman–Crippen LogP) is 4.46. The van der Waals surface area contributed by atoms with Crippen LogP contribution in [0.2, 0.25) is 0 Å². The van der Waals surface area contributed by atoms with Crippen molar-refractivity contribution in [3.8, 4) is 0 Å². The standard InChI is InChI=1S/C26H14O3/c27-13-16-11-20-19-10-15(26(29)14-6-2-1-3-7-14)12-21(28)23(19)25(20)24-18-9-5-4-8-17(18)22(16)24/h1-10H,11-12H2. The van der Waals surface area contributed by atoms with E-state index in [1.54, 1.807) is 12.1 Å². The van der Waals surface area contributed by atoms with Crippen LogP contribution in [-0.4, -0.2) is 17.5 Å². The summed E-state index contributed by atoms with van der Waals surface area (Å²) in [6.45, 7) is 0. The molecule has 0 heterocycles. The first-order chi connectivity index (χ1) is 14.2. The van der Waals surface area contributed by atoms with Gasteiger partial charge in [0.1, 0.15) is 5.94 Å². The van der Waals surface area contributed by atoms with Crippen molar-refractivity contribution in [3.05, 3.63) is 111 Å². The fourth-order valence-electron chi connectivity index (χ4n) is 4.88. The van der Waals surface area contributed by atoms with E-state index in [2.05, 4.69) is 5.94 Å². The van der Waals surface area contributed by atoms with Crippen LogP contribution in [0.1, 0.15) is 34.3 Å². The fourth-order valence-corrected chi connectivity index (χ4v) is 4.88. The van der Waals surface area contributed by atoms with E-state index in [9.17, 15) is 14.4 Å². The first-order valence-electron chi connectivity index (χ1n) is 9.59. The predicted molar refractivity (Wildman–Crippen MR) is 110 cm³/mol. The molecule has 0 fully saturated rings. The minimum Gasteiger partial charge on any atom is -0.294 e. The van der Waals surface area contributed by atoms with E-state index in [1.807, 2.05) is 48.5 Å². The van der Waals surface area contributed by atoms with Crippen LogP contribution in [0.25, 0.3) is 11.1 Å². The first kappa shape index (κ1) is 16.2. The number of rotatable bonds is 2. The van der Waals surface area contributed by atoms with Gasteiger partial charge in [0.15, 0.2) is 11.6 Å². The highest BCUT2D eigenvalue weighted by Crippen LogP contribution is 2.60. The third-order valence-electron chi connectivity index (χ3n) is 6.17. The Balaban J connectivity index is 1.45. The molecule has 6 rings (SSSR count). The van der Waals surface area contributed by atoms with Gasteiger partial charge >= 0.3 is 0 Å². The first-order valence-corrected chi connectivity index (χ1v) is 9.59. The van der Waals surface area contributed by atoms with Crippen LogP contribution in [0.4, 0.5) is 0 Å². The second kappa shape index (κ2) is 5.60. The Bertz CT molecular complexity index is 1350. The average molecular weight is 374 g/mol. The lowest BCUT2D eigenvalue weighted by atomic mass is 9.59. The van der Waals surface area contributed by atoms with Crippen LogP contribution in [0.15, 0.2) is 94.1 Å². The van der Waals surface area contributed by atoms with Gasteiger partial charge in [-0.15, -0.1) is 0 Å². The number of carbonyl (C=O) groups is 2. The summed E-state index contributed by atoms with van der Waals surface area (Å²) in [6, 6.07) is 17.0. The Morgan fingerprint density at radius 3 is 2.21 bits per heavy atom. The molecule has 0 aliphatic heterocycles. The second-order valence-corrected chi connectivity index (χ2v) is 7.66. The quantitative estimate of drug-likeness (QED) is 0.576. The van der Waals surface area contributed by atoms with E-state index in [1.165, 1.54) is 0 Å². The van der Waals surface area contributed by atoms with Crippen molar-refractivity contribution in [1.29, 1.82) is 0 Å². The number of ketones is 2. The van der Waals surface area contributed by atoms with Gasteiger partial charge in [0.05, 0.1) is 0 Å². The lowest BCUT2D eigenvalue weighted by Gasteiger charge is -2.42. The van der Waals surface area contributed by atoms with Gasteiger partial charge in [0.25, 0.3) is 0 Å². The van der Waals surface area contributed by atoms with Crippen molar-refractivity contribution < 1.29 is 14.4 Å². The van der Waals surface area contributed by atoms with Crippen molar-refractivity contribution in [2.75, 3.05) is 0 Å². The SMILES string of the molecule is O=C=C1CC2=C(C3=C2C=C(C(=O)c2ccccc2)CC3=O)C2=C1c1ccccc12. The molecule has 0 radical (unpaired) electrons. The Kier molecular flexibility index (Phi) is 3.12. The van der Waals surface area contributed by atoms with Gasteiger partial charge in [-0.2, -0.15) is 0 Å². The number of benzene rings is 2. The molecular weight excluding hydrogens is 360 g/mol. The molecule has 136 valence electrons. The molecule has 4 aliphatic rings. The smallest absolute Gasteiger partial charge is 0.189 e. The van der Waals surface area contributed by atoms with Crippen molar-refractivity contribution in [1.82, 2.24) is 0 Å². The highest BCUT2D eigenvalue weighted by Gasteiger charge is 2.46. The summed E-state index contributed by atoms with van der Waals surface area (Å²) in [4.78, 5) is 37.5. The molecule has 3 heteroatoms. The van der Waals surface area contributed by atoms with Crippen molar-refractivity contribution in [2.45, 2.75) is 12.8 Å². The molecule has 0 unspecified atom stereocenters. The van der Waals surface area contributed by atoms with Gasteiger partial charge in [-0.25, -0.2) is 4.79 Å². The van der Waals surface area contributed by atoms with Crippen LogP contribution in [0.3, 0.4) is 0 Å². The van der Waals surface area contributed by atoms with Crippen molar-refractivity contribution in [2.24, 2.45) is 0 Å². The zero-order valence-corrected chi connectivity index (χ0v) is 15.4. The van der Waals surface area contributed by atoms with Crippen LogP contribution < -0.4 is 0 Å². The lowest BCUT2D eigenvalue weighted by Crippen LogP contribution is -2.30. The lowest BCUT2D eigenvalue weighted by molar-refractivity contribution is -0.114. The van der Waals surface area contributed by atoms with Crippen molar-refractivity contribution in [3.63, 3.8) is 0 Å². The minimum absolute atomic E-state index is 0.0182. The maximum Gasteiger partial charge on any atom is 0.189 e. The number of carbonyl (C=O) groups excluding carboxylic acids is 3.